The van der Waals surface area contributed by atoms with Crippen LogP contribution in [0.5, 0.6) is 5.75 Å². The molecule has 0 spiro atoms. The van der Waals surface area contributed by atoms with Gasteiger partial charge in [0.05, 0.1) is 0 Å². The summed E-state index contributed by atoms with van der Waals surface area (Å²) >= 11 is 0. The fourth-order valence-electron chi connectivity index (χ4n) is 3.14. The number of carbonyl (C=O) groups excluding carboxylic acids is 2. The smallest absolute Gasteiger partial charge is 0.408 e. The Hall–Kier alpha value is -3.61. The van der Waals surface area contributed by atoms with Crippen molar-refractivity contribution in [2.45, 2.75) is 39.8 Å². The van der Waals surface area contributed by atoms with Gasteiger partial charge in [0.2, 0.25) is 0 Å². The molecular weight excluding hydrogens is 398 g/mol. The summed E-state index contributed by atoms with van der Waals surface area (Å²) in [6, 6.07) is 14.7. The molecule has 2 aromatic carbocycles. The maximum absolute atomic E-state index is 12.7. The minimum atomic E-state index is -0.909. The van der Waals surface area contributed by atoms with Gasteiger partial charge in [-0.15, -0.1) is 0 Å². The lowest BCUT2D eigenvalue weighted by Crippen LogP contribution is -2.46. The molecule has 0 saturated heterocycles. The minimum Gasteiger partial charge on any atom is -0.445 e. The van der Waals surface area contributed by atoms with Crippen molar-refractivity contribution in [3.63, 3.8) is 0 Å². The van der Waals surface area contributed by atoms with Gasteiger partial charge in [-0.1, -0.05) is 51.1 Å². The average Bonchev–Trinajstić information content (AvgIpc) is 2.75. The maximum Gasteiger partial charge on any atom is 0.408 e. The fourth-order valence-corrected chi connectivity index (χ4v) is 3.14. The third-order valence-corrected chi connectivity index (χ3v) is 4.81. The molecule has 0 radical (unpaired) electrons. The number of esters is 1. The minimum absolute atomic E-state index is 0.0933. The van der Waals surface area contributed by atoms with Crippen LogP contribution in [0.4, 0.5) is 4.79 Å². The number of hydrogen-bond donors (Lipinski definition) is 1. The van der Waals surface area contributed by atoms with Crippen LogP contribution in [-0.4, -0.2) is 18.1 Å². The van der Waals surface area contributed by atoms with Crippen LogP contribution in [0.15, 0.2) is 63.8 Å². The van der Waals surface area contributed by atoms with E-state index in [1.54, 1.807) is 26.0 Å². The Bertz CT molecular complexity index is 1120. The van der Waals surface area contributed by atoms with E-state index in [2.05, 4.69) is 5.32 Å². The molecule has 1 heterocycles. The molecule has 0 aliphatic rings. The molecule has 1 amide bonds. The van der Waals surface area contributed by atoms with E-state index in [0.717, 1.165) is 16.5 Å². The van der Waals surface area contributed by atoms with E-state index in [1.165, 1.54) is 12.1 Å². The molecule has 0 bridgehead atoms. The largest absolute Gasteiger partial charge is 0.445 e. The lowest BCUT2D eigenvalue weighted by atomic mass is 10.1. The van der Waals surface area contributed by atoms with Crippen LogP contribution in [0.25, 0.3) is 11.0 Å². The van der Waals surface area contributed by atoms with Crippen molar-refractivity contribution in [2.75, 3.05) is 0 Å². The molecule has 162 valence electrons. The van der Waals surface area contributed by atoms with E-state index in [-0.39, 0.29) is 18.3 Å². The van der Waals surface area contributed by atoms with Gasteiger partial charge in [0.25, 0.3) is 0 Å². The van der Waals surface area contributed by atoms with Crippen LogP contribution in [0.3, 0.4) is 0 Å². The maximum atomic E-state index is 12.7. The first-order valence-electron chi connectivity index (χ1n) is 10.1. The first-order valence-corrected chi connectivity index (χ1v) is 10.1. The van der Waals surface area contributed by atoms with Crippen molar-refractivity contribution in [3.05, 3.63) is 76.1 Å². The molecule has 7 heteroatoms. The molecule has 1 atom stereocenters. The summed E-state index contributed by atoms with van der Waals surface area (Å²) < 4.78 is 15.9. The van der Waals surface area contributed by atoms with Crippen molar-refractivity contribution >= 4 is 23.0 Å². The standard InChI is InChI=1S/C24H25NO6/c1-4-17-12-21(26)31-20-13-18(10-11-19(17)20)30-23(27)22(15(2)3)25-24(28)29-14-16-8-6-5-7-9-16/h5-13,15,22H,4,14H2,1-3H3,(H,25,28)/t22-/m0/s1. The molecule has 31 heavy (non-hydrogen) atoms. The van der Waals surface area contributed by atoms with E-state index < -0.39 is 23.7 Å². The van der Waals surface area contributed by atoms with Gasteiger partial charge in [0.15, 0.2) is 0 Å². The summed E-state index contributed by atoms with van der Waals surface area (Å²) in [4.78, 5) is 36.6. The van der Waals surface area contributed by atoms with Crippen molar-refractivity contribution < 1.29 is 23.5 Å². The van der Waals surface area contributed by atoms with Gasteiger partial charge in [-0.05, 0) is 35.6 Å². The Kier molecular flexibility index (Phi) is 7.07. The molecule has 1 N–H and O–H groups in total. The molecule has 0 aliphatic heterocycles. The van der Waals surface area contributed by atoms with Crippen LogP contribution in [0.1, 0.15) is 31.9 Å². The predicted molar refractivity (Wildman–Crippen MR) is 116 cm³/mol. The Balaban J connectivity index is 1.68. The highest BCUT2D eigenvalue weighted by Gasteiger charge is 2.27. The van der Waals surface area contributed by atoms with Crippen LogP contribution < -0.4 is 15.7 Å². The fraction of sp³-hybridized carbons (Fsp3) is 0.292. The van der Waals surface area contributed by atoms with E-state index in [4.69, 9.17) is 13.9 Å². The first kappa shape index (κ1) is 22.1. The molecule has 3 aromatic rings. The Morgan fingerprint density at radius 3 is 2.48 bits per heavy atom. The van der Waals surface area contributed by atoms with E-state index >= 15 is 0 Å². The second-order valence-corrected chi connectivity index (χ2v) is 7.45. The molecule has 0 aliphatic carbocycles. The summed E-state index contributed by atoms with van der Waals surface area (Å²) in [6.07, 6.45) is -0.0392. The molecular formula is C24H25NO6. The second kappa shape index (κ2) is 9.93. The van der Waals surface area contributed by atoms with E-state index in [9.17, 15) is 14.4 Å². The number of rotatable bonds is 7. The van der Waals surface area contributed by atoms with Gasteiger partial charge >= 0.3 is 17.7 Å². The van der Waals surface area contributed by atoms with Crippen molar-refractivity contribution in [1.82, 2.24) is 5.32 Å². The van der Waals surface area contributed by atoms with Gasteiger partial charge in [-0.25, -0.2) is 14.4 Å². The molecule has 0 fully saturated rings. The lowest BCUT2D eigenvalue weighted by molar-refractivity contribution is -0.137. The highest BCUT2D eigenvalue weighted by Crippen LogP contribution is 2.23. The SMILES string of the molecule is CCc1cc(=O)oc2cc(OC(=O)[C@@H](NC(=O)OCc3ccccc3)C(C)C)ccc12. The number of nitrogens with one attached hydrogen (secondary N) is 1. The number of carbonyl (C=O) groups is 2. The van der Waals surface area contributed by atoms with Crippen LogP contribution in [0, 0.1) is 5.92 Å². The quantitative estimate of drug-likeness (QED) is 0.347. The summed E-state index contributed by atoms with van der Waals surface area (Å²) in [5.74, 6) is -0.652. The van der Waals surface area contributed by atoms with Crippen molar-refractivity contribution in [2.24, 2.45) is 5.92 Å². The number of fused-ring (bicyclic) bond motifs is 1. The van der Waals surface area contributed by atoms with E-state index in [0.29, 0.717) is 12.0 Å². The third kappa shape index (κ3) is 5.72. The van der Waals surface area contributed by atoms with E-state index in [1.807, 2.05) is 37.3 Å². The lowest BCUT2D eigenvalue weighted by Gasteiger charge is -2.20. The topological polar surface area (TPSA) is 94.8 Å². The van der Waals surface area contributed by atoms with Gasteiger partial charge < -0.3 is 19.2 Å². The summed E-state index contributed by atoms with van der Waals surface area (Å²) in [5, 5.41) is 3.34. The number of ether oxygens (including phenoxy) is 2. The normalized spacial score (nSPS) is 11.9. The molecule has 7 nitrogen and oxygen atoms in total. The Labute approximate surface area is 180 Å². The molecule has 0 unspecified atom stereocenters. The monoisotopic (exact) mass is 423 g/mol. The summed E-state index contributed by atoms with van der Waals surface area (Å²) in [7, 11) is 0. The number of hydrogen-bond acceptors (Lipinski definition) is 6. The summed E-state index contributed by atoms with van der Waals surface area (Å²) in [6.45, 7) is 5.61. The highest BCUT2D eigenvalue weighted by molar-refractivity contribution is 5.85. The Morgan fingerprint density at radius 2 is 1.81 bits per heavy atom. The molecule has 0 saturated carbocycles. The number of amides is 1. The molecule has 3 rings (SSSR count). The van der Waals surface area contributed by atoms with Gasteiger partial charge in [-0.2, -0.15) is 0 Å². The van der Waals surface area contributed by atoms with Crippen LogP contribution in [0.2, 0.25) is 0 Å². The van der Waals surface area contributed by atoms with Gasteiger partial charge in [0, 0.05) is 17.5 Å². The third-order valence-electron chi connectivity index (χ3n) is 4.81. The molecule has 1 aromatic heterocycles. The first-order chi connectivity index (χ1) is 14.9. The number of aryl methyl sites for hydroxylation is 1. The van der Waals surface area contributed by atoms with Gasteiger partial charge in [0.1, 0.15) is 24.0 Å². The highest BCUT2D eigenvalue weighted by atomic mass is 16.6. The van der Waals surface area contributed by atoms with Crippen LogP contribution in [-0.2, 0) is 22.6 Å². The van der Waals surface area contributed by atoms with Crippen LogP contribution >= 0.6 is 0 Å². The predicted octanol–water partition coefficient (Wildman–Crippen LogP) is 4.21. The zero-order valence-corrected chi connectivity index (χ0v) is 17.7. The zero-order chi connectivity index (χ0) is 22.4. The zero-order valence-electron chi connectivity index (χ0n) is 17.7. The Morgan fingerprint density at radius 1 is 1.06 bits per heavy atom. The number of benzene rings is 2. The second-order valence-electron chi connectivity index (χ2n) is 7.45. The summed E-state index contributed by atoms with van der Waals surface area (Å²) in [5.41, 5.74) is 1.57. The average molecular weight is 423 g/mol. The van der Waals surface area contributed by atoms with Gasteiger partial charge in [-0.3, -0.25) is 0 Å². The number of alkyl carbamates (subject to hydrolysis) is 1. The van der Waals surface area contributed by atoms with Crippen molar-refractivity contribution in [1.29, 1.82) is 0 Å². The van der Waals surface area contributed by atoms with Crippen molar-refractivity contribution in [3.8, 4) is 5.75 Å².